The molecule has 1 heterocycles. The Bertz CT molecular complexity index is 593. The summed E-state index contributed by atoms with van der Waals surface area (Å²) in [6, 6.07) is 4.61. The number of benzene rings is 1. The standard InChI is InChI=1S/C10H7ClN2O4/c1-16-10(15)6-2-3-7-8(4-6)13(11)12-9(7)17-5-14/h2-5H,1H3. The molecule has 0 saturated heterocycles. The first-order valence-corrected chi connectivity index (χ1v) is 4.88. The van der Waals surface area contributed by atoms with Gasteiger partial charge in [0, 0.05) is 11.8 Å². The lowest BCUT2D eigenvalue weighted by Crippen LogP contribution is -2.00. The molecule has 0 atom stereocenters. The molecule has 0 radical (unpaired) electrons. The van der Waals surface area contributed by atoms with Crippen molar-refractivity contribution >= 4 is 35.1 Å². The van der Waals surface area contributed by atoms with Crippen LogP contribution in [0.1, 0.15) is 10.4 Å². The third kappa shape index (κ3) is 1.94. The third-order valence-electron chi connectivity index (χ3n) is 2.19. The largest absolute Gasteiger partial charge is 0.465 e. The van der Waals surface area contributed by atoms with Crippen LogP contribution < -0.4 is 4.74 Å². The van der Waals surface area contributed by atoms with E-state index in [1.54, 1.807) is 6.07 Å². The summed E-state index contributed by atoms with van der Waals surface area (Å²) < 4.78 is 10.2. The van der Waals surface area contributed by atoms with Crippen LogP contribution in [-0.2, 0) is 9.53 Å². The number of hydrogen-bond acceptors (Lipinski definition) is 5. The Morgan fingerprint density at radius 3 is 2.94 bits per heavy atom. The molecule has 0 aliphatic rings. The lowest BCUT2D eigenvalue weighted by Gasteiger charge is -1.99. The highest BCUT2D eigenvalue weighted by Gasteiger charge is 2.14. The van der Waals surface area contributed by atoms with Gasteiger partial charge in [0.05, 0.1) is 23.6 Å². The van der Waals surface area contributed by atoms with E-state index in [4.69, 9.17) is 11.8 Å². The van der Waals surface area contributed by atoms with Crippen molar-refractivity contribution in [2.75, 3.05) is 7.11 Å². The highest BCUT2D eigenvalue weighted by atomic mass is 35.5. The van der Waals surface area contributed by atoms with Gasteiger partial charge in [-0.3, -0.25) is 4.79 Å². The van der Waals surface area contributed by atoms with Crippen molar-refractivity contribution in [1.29, 1.82) is 0 Å². The van der Waals surface area contributed by atoms with E-state index in [1.165, 1.54) is 19.2 Å². The molecule has 17 heavy (non-hydrogen) atoms. The SMILES string of the molecule is COC(=O)c1ccc2c(OC=O)nn(Cl)c2c1. The first-order valence-electron chi connectivity index (χ1n) is 4.55. The predicted molar refractivity (Wildman–Crippen MR) is 59.0 cm³/mol. The molecule has 88 valence electrons. The van der Waals surface area contributed by atoms with E-state index in [0.29, 0.717) is 16.5 Å². The van der Waals surface area contributed by atoms with Gasteiger partial charge in [-0.05, 0) is 18.2 Å². The highest BCUT2D eigenvalue weighted by Crippen LogP contribution is 2.26. The molecule has 0 aliphatic heterocycles. The van der Waals surface area contributed by atoms with E-state index in [0.717, 1.165) is 4.20 Å². The smallest absolute Gasteiger partial charge is 0.337 e. The van der Waals surface area contributed by atoms with Gasteiger partial charge in [-0.1, -0.05) is 0 Å². The van der Waals surface area contributed by atoms with Crippen LogP contribution >= 0.6 is 11.8 Å². The molecule has 2 rings (SSSR count). The molecule has 2 aromatic rings. The summed E-state index contributed by atoms with van der Waals surface area (Å²) in [5, 5.41) is 4.31. The first-order chi connectivity index (χ1) is 8.17. The summed E-state index contributed by atoms with van der Waals surface area (Å²) in [4.78, 5) is 21.6. The summed E-state index contributed by atoms with van der Waals surface area (Å²) in [6.45, 7) is 0.257. The number of carbonyl (C=O) groups is 2. The van der Waals surface area contributed by atoms with Crippen LogP contribution in [-0.4, -0.2) is 28.9 Å². The summed E-state index contributed by atoms with van der Waals surface area (Å²) in [6.07, 6.45) is 0. The molecule has 0 saturated carbocycles. The van der Waals surface area contributed by atoms with E-state index < -0.39 is 5.97 Å². The lowest BCUT2D eigenvalue weighted by molar-refractivity contribution is -0.120. The van der Waals surface area contributed by atoms with Crippen molar-refractivity contribution in [2.45, 2.75) is 0 Å². The Kier molecular flexibility index (Phi) is 2.97. The van der Waals surface area contributed by atoms with E-state index in [2.05, 4.69) is 14.6 Å². The van der Waals surface area contributed by atoms with Gasteiger partial charge in [-0.2, -0.15) is 4.20 Å². The molecule has 0 aliphatic carbocycles. The van der Waals surface area contributed by atoms with Crippen molar-refractivity contribution in [3.63, 3.8) is 0 Å². The fourth-order valence-electron chi connectivity index (χ4n) is 1.43. The number of carbonyl (C=O) groups excluding carboxylic acids is 2. The van der Waals surface area contributed by atoms with Crippen molar-refractivity contribution in [1.82, 2.24) is 9.30 Å². The topological polar surface area (TPSA) is 70.4 Å². The Hall–Kier alpha value is -2.08. The number of esters is 1. The van der Waals surface area contributed by atoms with Crippen LogP contribution in [0.15, 0.2) is 18.2 Å². The molecule has 0 bridgehead atoms. The molecule has 0 fully saturated rings. The van der Waals surface area contributed by atoms with Gasteiger partial charge in [0.2, 0.25) is 0 Å². The van der Waals surface area contributed by atoms with Crippen molar-refractivity contribution < 1.29 is 19.1 Å². The molecule has 0 N–H and O–H groups in total. The number of fused-ring (bicyclic) bond motifs is 1. The number of aromatic nitrogens is 2. The monoisotopic (exact) mass is 254 g/mol. The predicted octanol–water partition coefficient (Wildman–Crippen LogP) is 1.36. The molecule has 0 amide bonds. The van der Waals surface area contributed by atoms with Gasteiger partial charge in [-0.15, -0.1) is 5.10 Å². The minimum atomic E-state index is -0.484. The third-order valence-corrected chi connectivity index (χ3v) is 2.44. The van der Waals surface area contributed by atoms with Crippen molar-refractivity contribution in [3.05, 3.63) is 23.8 Å². The Balaban J connectivity index is 2.58. The molecule has 7 heteroatoms. The zero-order valence-electron chi connectivity index (χ0n) is 8.71. The van der Waals surface area contributed by atoms with E-state index >= 15 is 0 Å². The van der Waals surface area contributed by atoms with Gasteiger partial charge < -0.3 is 9.47 Å². The summed E-state index contributed by atoms with van der Waals surface area (Å²) in [5.41, 5.74) is 0.783. The Morgan fingerprint density at radius 2 is 2.29 bits per heavy atom. The minimum Gasteiger partial charge on any atom is -0.465 e. The van der Waals surface area contributed by atoms with Crippen LogP contribution in [0.3, 0.4) is 0 Å². The van der Waals surface area contributed by atoms with Gasteiger partial charge in [0.25, 0.3) is 12.4 Å². The number of rotatable bonds is 3. The number of nitrogens with zero attached hydrogens (tertiary/aromatic N) is 2. The second kappa shape index (κ2) is 4.42. The highest BCUT2D eigenvalue weighted by molar-refractivity contribution is 6.19. The number of methoxy groups -OCH3 is 1. The fraction of sp³-hybridized carbons (Fsp3) is 0.100. The van der Waals surface area contributed by atoms with Crippen LogP contribution in [0, 0.1) is 0 Å². The average molecular weight is 255 g/mol. The van der Waals surface area contributed by atoms with Crippen molar-refractivity contribution in [2.24, 2.45) is 0 Å². The van der Waals surface area contributed by atoms with Gasteiger partial charge >= 0.3 is 5.97 Å². The first kappa shape index (κ1) is 11.4. The molecular weight excluding hydrogens is 248 g/mol. The van der Waals surface area contributed by atoms with Gasteiger partial charge in [0.1, 0.15) is 0 Å². The number of halogens is 1. The average Bonchev–Trinajstić information content (AvgIpc) is 2.65. The quantitative estimate of drug-likeness (QED) is 0.611. The molecule has 0 spiro atoms. The van der Waals surface area contributed by atoms with E-state index in [9.17, 15) is 9.59 Å². The zero-order chi connectivity index (χ0) is 12.4. The maximum absolute atomic E-state index is 11.3. The summed E-state index contributed by atoms with van der Waals surface area (Å²) in [7, 11) is 1.28. The molecular formula is C10H7ClN2O4. The Morgan fingerprint density at radius 1 is 1.53 bits per heavy atom. The van der Waals surface area contributed by atoms with Crippen LogP contribution in [0.25, 0.3) is 10.9 Å². The second-order valence-electron chi connectivity index (χ2n) is 3.10. The molecule has 1 aromatic carbocycles. The summed E-state index contributed by atoms with van der Waals surface area (Å²) >= 11 is 5.79. The second-order valence-corrected chi connectivity index (χ2v) is 3.42. The van der Waals surface area contributed by atoms with Crippen LogP contribution in [0.2, 0.25) is 0 Å². The maximum Gasteiger partial charge on any atom is 0.337 e. The molecule has 1 aromatic heterocycles. The number of ether oxygens (including phenoxy) is 2. The molecule has 0 unspecified atom stereocenters. The van der Waals surface area contributed by atoms with Gasteiger partial charge in [-0.25, -0.2) is 4.79 Å². The van der Waals surface area contributed by atoms with E-state index in [-0.39, 0.29) is 12.4 Å². The Labute approximate surface area is 101 Å². The number of hydrogen-bond donors (Lipinski definition) is 0. The normalized spacial score (nSPS) is 10.2. The van der Waals surface area contributed by atoms with E-state index in [1.807, 2.05) is 0 Å². The fourth-order valence-corrected chi connectivity index (χ4v) is 1.64. The lowest BCUT2D eigenvalue weighted by atomic mass is 10.1. The zero-order valence-corrected chi connectivity index (χ0v) is 9.47. The summed E-state index contributed by atoms with van der Waals surface area (Å²) in [5.74, 6) is -0.399. The minimum absolute atomic E-state index is 0.0846. The van der Waals surface area contributed by atoms with Crippen LogP contribution in [0.5, 0.6) is 5.88 Å². The van der Waals surface area contributed by atoms with Crippen molar-refractivity contribution in [3.8, 4) is 5.88 Å². The van der Waals surface area contributed by atoms with Crippen LogP contribution in [0.4, 0.5) is 0 Å². The van der Waals surface area contributed by atoms with Gasteiger partial charge in [0.15, 0.2) is 0 Å². The maximum atomic E-state index is 11.3. The molecule has 6 nitrogen and oxygen atoms in total.